The predicted octanol–water partition coefficient (Wildman–Crippen LogP) is 1.73. The lowest BCUT2D eigenvalue weighted by Crippen LogP contribution is -2.20. The Morgan fingerprint density at radius 1 is 1.50 bits per heavy atom. The Balaban J connectivity index is 1.83. The minimum Gasteiger partial charge on any atom is -0.366 e. The molecule has 0 saturated carbocycles. The Kier molecular flexibility index (Phi) is 4.76. The van der Waals surface area contributed by atoms with Gasteiger partial charge in [-0.25, -0.2) is 0 Å². The lowest BCUT2D eigenvalue weighted by molar-refractivity contribution is 0.100. The number of nitrogens with one attached hydrogen (secondary N) is 1. The van der Waals surface area contributed by atoms with Gasteiger partial charge in [-0.1, -0.05) is 17.7 Å². The number of nitrogens with two attached hydrogens (primary N) is 1. The van der Waals surface area contributed by atoms with Crippen LogP contribution in [-0.2, 0) is 13.1 Å². The predicted molar refractivity (Wildman–Crippen MR) is 78.6 cm³/mol. The minimum absolute atomic E-state index is 0.422. The number of aromatic nitrogens is 2. The number of aryl methyl sites for hydroxylation is 1. The molecule has 0 fully saturated rings. The summed E-state index contributed by atoms with van der Waals surface area (Å²) in [6, 6.07) is 5.09. The quantitative estimate of drug-likeness (QED) is 0.797. The fourth-order valence-electron chi connectivity index (χ4n) is 1.85. The van der Waals surface area contributed by atoms with Gasteiger partial charge >= 0.3 is 0 Å². The van der Waals surface area contributed by atoms with E-state index in [-0.39, 0.29) is 0 Å². The van der Waals surface area contributed by atoms with Gasteiger partial charge in [0.2, 0.25) is 5.91 Å². The smallest absolute Gasteiger partial charge is 0.248 e. The van der Waals surface area contributed by atoms with Crippen LogP contribution in [0.1, 0.15) is 21.5 Å². The highest BCUT2D eigenvalue weighted by molar-refractivity contribution is 6.31. The van der Waals surface area contributed by atoms with E-state index in [0.29, 0.717) is 17.1 Å². The molecule has 5 nitrogen and oxygen atoms in total. The fraction of sp³-hybridized carbons (Fsp3) is 0.286. The lowest BCUT2D eigenvalue weighted by Gasteiger charge is -2.08. The van der Waals surface area contributed by atoms with E-state index in [1.807, 2.05) is 30.1 Å². The maximum Gasteiger partial charge on any atom is 0.248 e. The molecule has 0 aliphatic carbocycles. The third-order valence-corrected chi connectivity index (χ3v) is 3.28. The molecule has 106 valence electrons. The van der Waals surface area contributed by atoms with E-state index in [2.05, 4.69) is 10.4 Å². The highest BCUT2D eigenvalue weighted by Gasteiger charge is 2.05. The largest absolute Gasteiger partial charge is 0.366 e. The van der Waals surface area contributed by atoms with Crippen molar-refractivity contribution in [1.82, 2.24) is 15.1 Å². The normalized spacial score (nSPS) is 10.7. The summed E-state index contributed by atoms with van der Waals surface area (Å²) in [4.78, 5) is 11.0. The highest BCUT2D eigenvalue weighted by atomic mass is 35.5. The van der Waals surface area contributed by atoms with E-state index < -0.39 is 5.91 Å². The number of hydrogen-bond donors (Lipinski definition) is 2. The molecule has 6 heteroatoms. The van der Waals surface area contributed by atoms with Crippen molar-refractivity contribution in [2.24, 2.45) is 5.73 Å². The van der Waals surface area contributed by atoms with Gasteiger partial charge in [-0.2, -0.15) is 5.10 Å². The summed E-state index contributed by atoms with van der Waals surface area (Å²) in [5.41, 5.74) is 7.71. The average molecular weight is 293 g/mol. The average Bonchev–Trinajstić information content (AvgIpc) is 2.81. The second-order valence-corrected chi connectivity index (χ2v) is 5.04. The number of amides is 1. The summed E-state index contributed by atoms with van der Waals surface area (Å²) in [6.45, 7) is 4.23. The SMILES string of the molecule is Cc1cnn(CCNCc2ccc(C(N)=O)cc2Cl)c1. The number of carbonyl (C=O) groups is 1. The number of primary amides is 1. The summed E-state index contributed by atoms with van der Waals surface area (Å²) in [5, 5.41) is 8.04. The van der Waals surface area contributed by atoms with E-state index in [1.54, 1.807) is 12.1 Å². The fourth-order valence-corrected chi connectivity index (χ4v) is 2.10. The van der Waals surface area contributed by atoms with Crippen molar-refractivity contribution in [3.8, 4) is 0 Å². The molecular weight excluding hydrogens is 276 g/mol. The van der Waals surface area contributed by atoms with Crippen LogP contribution in [0.25, 0.3) is 0 Å². The molecule has 0 bridgehead atoms. The molecule has 0 atom stereocenters. The van der Waals surface area contributed by atoms with Crippen molar-refractivity contribution in [3.05, 3.63) is 52.3 Å². The third kappa shape index (κ3) is 3.82. The number of benzene rings is 1. The first kappa shape index (κ1) is 14.6. The molecule has 0 aliphatic rings. The molecule has 2 rings (SSSR count). The molecule has 3 N–H and O–H groups in total. The van der Waals surface area contributed by atoms with Crippen LogP contribution in [0.3, 0.4) is 0 Å². The molecule has 0 saturated heterocycles. The zero-order chi connectivity index (χ0) is 14.5. The van der Waals surface area contributed by atoms with Crippen molar-refractivity contribution in [1.29, 1.82) is 0 Å². The zero-order valence-electron chi connectivity index (χ0n) is 11.3. The molecule has 0 unspecified atom stereocenters. The second kappa shape index (κ2) is 6.54. The standard InChI is InChI=1S/C14H17ClN4O/c1-10-7-18-19(9-10)5-4-17-8-12-3-2-11(14(16)20)6-13(12)15/h2-3,6-7,9,17H,4-5,8H2,1H3,(H2,16,20). The Bertz CT molecular complexity index is 609. The van der Waals surface area contributed by atoms with E-state index in [4.69, 9.17) is 17.3 Å². The topological polar surface area (TPSA) is 72.9 Å². The van der Waals surface area contributed by atoms with Gasteiger partial charge in [0.15, 0.2) is 0 Å². The van der Waals surface area contributed by atoms with Crippen molar-refractivity contribution in [3.63, 3.8) is 0 Å². The molecular formula is C14H17ClN4O. The van der Waals surface area contributed by atoms with E-state index in [9.17, 15) is 4.79 Å². The Hall–Kier alpha value is -1.85. The van der Waals surface area contributed by atoms with Gasteiger partial charge in [0.25, 0.3) is 0 Å². The van der Waals surface area contributed by atoms with Crippen LogP contribution in [0.15, 0.2) is 30.6 Å². The zero-order valence-corrected chi connectivity index (χ0v) is 12.0. The molecule has 0 aliphatic heterocycles. The van der Waals surface area contributed by atoms with Gasteiger partial charge in [-0.05, 0) is 30.2 Å². The van der Waals surface area contributed by atoms with Crippen LogP contribution in [-0.4, -0.2) is 22.2 Å². The Labute approximate surface area is 122 Å². The Morgan fingerprint density at radius 3 is 2.90 bits per heavy atom. The van der Waals surface area contributed by atoms with Crippen LogP contribution in [0.4, 0.5) is 0 Å². The highest BCUT2D eigenvalue weighted by Crippen LogP contribution is 2.17. The number of halogens is 1. The van der Waals surface area contributed by atoms with Crippen molar-refractivity contribution in [2.75, 3.05) is 6.54 Å². The van der Waals surface area contributed by atoms with Crippen LogP contribution in [0.5, 0.6) is 0 Å². The molecule has 1 amide bonds. The van der Waals surface area contributed by atoms with Gasteiger partial charge in [-0.15, -0.1) is 0 Å². The van der Waals surface area contributed by atoms with Gasteiger partial charge in [0.1, 0.15) is 0 Å². The first-order valence-electron chi connectivity index (χ1n) is 6.34. The summed E-state index contributed by atoms with van der Waals surface area (Å²) >= 11 is 6.11. The van der Waals surface area contributed by atoms with Crippen molar-refractivity contribution < 1.29 is 4.79 Å². The van der Waals surface area contributed by atoms with Crippen LogP contribution >= 0.6 is 11.6 Å². The number of rotatable bonds is 6. The van der Waals surface area contributed by atoms with Crippen LogP contribution in [0, 0.1) is 6.92 Å². The van der Waals surface area contributed by atoms with Gasteiger partial charge in [0.05, 0.1) is 12.7 Å². The minimum atomic E-state index is -0.472. The number of nitrogens with zero attached hydrogens (tertiary/aromatic N) is 2. The molecule has 20 heavy (non-hydrogen) atoms. The monoisotopic (exact) mass is 292 g/mol. The first-order chi connectivity index (χ1) is 9.56. The third-order valence-electron chi connectivity index (χ3n) is 2.93. The van der Waals surface area contributed by atoms with E-state index >= 15 is 0 Å². The van der Waals surface area contributed by atoms with Crippen LogP contribution < -0.4 is 11.1 Å². The number of hydrogen-bond acceptors (Lipinski definition) is 3. The van der Waals surface area contributed by atoms with Gasteiger partial charge < -0.3 is 11.1 Å². The van der Waals surface area contributed by atoms with E-state index in [0.717, 1.165) is 24.2 Å². The molecule has 0 spiro atoms. The molecule has 2 aromatic rings. The molecule has 1 heterocycles. The van der Waals surface area contributed by atoms with Gasteiger partial charge in [0, 0.05) is 29.9 Å². The lowest BCUT2D eigenvalue weighted by atomic mass is 10.1. The van der Waals surface area contributed by atoms with Crippen molar-refractivity contribution >= 4 is 17.5 Å². The summed E-state index contributed by atoms with van der Waals surface area (Å²) in [7, 11) is 0. The number of carbonyl (C=O) groups excluding carboxylic acids is 1. The summed E-state index contributed by atoms with van der Waals surface area (Å²) in [6.07, 6.45) is 3.83. The molecule has 1 aromatic carbocycles. The molecule has 0 radical (unpaired) electrons. The Morgan fingerprint density at radius 2 is 2.30 bits per heavy atom. The van der Waals surface area contributed by atoms with Crippen LogP contribution in [0.2, 0.25) is 5.02 Å². The molecule has 1 aromatic heterocycles. The maximum absolute atomic E-state index is 11.0. The first-order valence-corrected chi connectivity index (χ1v) is 6.72. The van der Waals surface area contributed by atoms with Gasteiger partial charge in [-0.3, -0.25) is 9.48 Å². The summed E-state index contributed by atoms with van der Waals surface area (Å²) < 4.78 is 1.89. The second-order valence-electron chi connectivity index (χ2n) is 4.63. The maximum atomic E-state index is 11.0. The van der Waals surface area contributed by atoms with Crippen molar-refractivity contribution in [2.45, 2.75) is 20.0 Å². The van der Waals surface area contributed by atoms with E-state index in [1.165, 1.54) is 0 Å². The summed E-state index contributed by atoms with van der Waals surface area (Å²) in [5.74, 6) is -0.472.